The third-order valence-corrected chi connectivity index (χ3v) is 4.03. The van der Waals surface area contributed by atoms with Crippen molar-refractivity contribution in [2.45, 2.75) is 31.0 Å². The second-order valence-corrected chi connectivity index (χ2v) is 5.54. The average Bonchev–Trinajstić information content (AvgIpc) is 2.97. The number of hydrogen-bond donors (Lipinski definition) is 4. The number of ether oxygens (including phenoxy) is 1. The first-order valence-electron chi connectivity index (χ1n) is 6.64. The van der Waals surface area contributed by atoms with Crippen LogP contribution >= 0.6 is 0 Å². The first-order chi connectivity index (χ1) is 10.3. The van der Waals surface area contributed by atoms with Crippen molar-refractivity contribution < 1.29 is 20.1 Å². The van der Waals surface area contributed by atoms with E-state index in [0.717, 1.165) is 4.57 Å². The minimum atomic E-state index is -1.70. The van der Waals surface area contributed by atoms with Gasteiger partial charge in [-0.2, -0.15) is 4.98 Å². The van der Waals surface area contributed by atoms with Crippen molar-refractivity contribution in [3.63, 3.8) is 0 Å². The lowest BCUT2D eigenvalue weighted by atomic mass is 9.96. The molecule has 2 aromatic heterocycles. The van der Waals surface area contributed by atoms with E-state index in [4.69, 9.17) is 10.5 Å². The van der Waals surface area contributed by atoms with Gasteiger partial charge in [0.05, 0.1) is 12.9 Å². The summed E-state index contributed by atoms with van der Waals surface area (Å²) in [5.74, 6) is -0.0175. The molecule has 0 spiro atoms. The smallest absolute Gasteiger partial charge is 0.282 e. The Kier molecular flexibility index (Phi) is 3.22. The maximum Gasteiger partial charge on any atom is 0.282 e. The van der Waals surface area contributed by atoms with Crippen LogP contribution in [0.1, 0.15) is 13.2 Å². The van der Waals surface area contributed by atoms with Gasteiger partial charge >= 0.3 is 0 Å². The van der Waals surface area contributed by atoms with Gasteiger partial charge in [0.15, 0.2) is 17.4 Å². The summed E-state index contributed by atoms with van der Waals surface area (Å²) >= 11 is 0. The fourth-order valence-electron chi connectivity index (χ4n) is 2.62. The van der Waals surface area contributed by atoms with Gasteiger partial charge in [0.2, 0.25) is 5.95 Å². The molecule has 10 heteroatoms. The zero-order chi connectivity index (χ0) is 16.2. The van der Waals surface area contributed by atoms with Gasteiger partial charge in [0.1, 0.15) is 17.8 Å². The lowest BCUT2D eigenvalue weighted by Gasteiger charge is -2.27. The highest BCUT2D eigenvalue weighted by molar-refractivity contribution is 5.71. The molecule has 0 aliphatic carbocycles. The molecule has 1 aliphatic heterocycles. The predicted molar refractivity (Wildman–Crippen MR) is 74.8 cm³/mol. The molecule has 1 saturated heterocycles. The highest BCUT2D eigenvalue weighted by Crippen LogP contribution is 2.38. The SMILES string of the molecule is Cn1c(N)nc2c(ncn2[C@@H]2O[C@H](CO)[C@@H](O)[C@@]2(C)O)c1=O. The van der Waals surface area contributed by atoms with Crippen LogP contribution in [0.25, 0.3) is 11.2 Å². The number of imidazole rings is 1. The molecule has 5 N–H and O–H groups in total. The number of anilines is 1. The van der Waals surface area contributed by atoms with E-state index >= 15 is 0 Å². The van der Waals surface area contributed by atoms with E-state index in [1.807, 2.05) is 0 Å². The third kappa shape index (κ3) is 1.85. The Hall–Kier alpha value is -2.01. The largest absolute Gasteiger partial charge is 0.394 e. The number of aromatic nitrogens is 4. The maximum absolute atomic E-state index is 12.1. The van der Waals surface area contributed by atoms with Crippen LogP contribution in [-0.4, -0.2) is 58.8 Å². The number of rotatable bonds is 2. The van der Waals surface area contributed by atoms with Gasteiger partial charge in [0.25, 0.3) is 5.56 Å². The van der Waals surface area contributed by atoms with Crippen molar-refractivity contribution in [3.05, 3.63) is 16.7 Å². The van der Waals surface area contributed by atoms with Gasteiger partial charge in [-0.3, -0.25) is 13.9 Å². The number of aliphatic hydroxyl groups excluding tert-OH is 2. The van der Waals surface area contributed by atoms with E-state index < -0.39 is 36.2 Å². The van der Waals surface area contributed by atoms with Crippen LogP contribution in [-0.2, 0) is 11.8 Å². The van der Waals surface area contributed by atoms with Crippen LogP contribution in [0.2, 0.25) is 0 Å². The van der Waals surface area contributed by atoms with E-state index in [1.165, 1.54) is 24.9 Å². The third-order valence-electron chi connectivity index (χ3n) is 4.03. The lowest BCUT2D eigenvalue weighted by molar-refractivity contribution is -0.0950. The van der Waals surface area contributed by atoms with E-state index in [0.29, 0.717) is 0 Å². The first-order valence-corrected chi connectivity index (χ1v) is 6.64. The van der Waals surface area contributed by atoms with Crippen LogP contribution in [0.3, 0.4) is 0 Å². The molecule has 10 nitrogen and oxygen atoms in total. The average molecular weight is 311 g/mol. The zero-order valence-corrected chi connectivity index (χ0v) is 12.0. The van der Waals surface area contributed by atoms with Crippen LogP contribution in [0, 0.1) is 0 Å². The summed E-state index contributed by atoms with van der Waals surface area (Å²) in [5, 5.41) is 29.7. The minimum absolute atomic E-state index is 0.0175. The maximum atomic E-state index is 12.1. The molecule has 0 bridgehead atoms. The number of hydrogen-bond acceptors (Lipinski definition) is 8. The highest BCUT2D eigenvalue weighted by atomic mass is 16.6. The van der Waals surface area contributed by atoms with E-state index in [2.05, 4.69) is 9.97 Å². The fraction of sp³-hybridized carbons (Fsp3) is 0.583. The van der Waals surface area contributed by atoms with Gasteiger partial charge in [-0.1, -0.05) is 0 Å². The van der Waals surface area contributed by atoms with Crippen molar-refractivity contribution in [3.8, 4) is 0 Å². The topological polar surface area (TPSA) is 149 Å². The molecule has 1 fully saturated rings. The number of fused-ring (bicyclic) bond motifs is 1. The Morgan fingerprint density at radius 1 is 1.55 bits per heavy atom. The van der Waals surface area contributed by atoms with Crippen LogP contribution in [0.15, 0.2) is 11.1 Å². The summed E-state index contributed by atoms with van der Waals surface area (Å²) in [4.78, 5) is 20.2. The summed E-state index contributed by atoms with van der Waals surface area (Å²) < 4.78 is 7.96. The monoisotopic (exact) mass is 311 g/mol. The molecule has 3 rings (SSSR count). The van der Waals surface area contributed by atoms with E-state index in [1.54, 1.807) is 0 Å². The molecular formula is C12H17N5O5. The second-order valence-electron chi connectivity index (χ2n) is 5.54. The Morgan fingerprint density at radius 3 is 2.82 bits per heavy atom. The Balaban J connectivity index is 2.18. The molecule has 3 heterocycles. The molecule has 4 atom stereocenters. The molecule has 1 aliphatic rings. The number of nitrogens with zero attached hydrogens (tertiary/aromatic N) is 4. The van der Waals surface area contributed by atoms with Gasteiger partial charge in [-0.25, -0.2) is 4.98 Å². The molecule has 0 saturated carbocycles. The first kappa shape index (κ1) is 14.9. The number of nitrogens with two attached hydrogens (primary N) is 1. The molecule has 0 aromatic carbocycles. The minimum Gasteiger partial charge on any atom is -0.394 e. The normalized spacial score (nSPS) is 32.0. The zero-order valence-electron chi connectivity index (χ0n) is 12.0. The molecule has 2 aromatic rings. The Bertz CT molecular complexity index is 782. The van der Waals surface area contributed by atoms with Crippen molar-refractivity contribution in [1.29, 1.82) is 0 Å². The second kappa shape index (κ2) is 4.74. The van der Waals surface area contributed by atoms with Crippen molar-refractivity contribution in [2.24, 2.45) is 7.05 Å². The number of aliphatic hydroxyl groups is 3. The highest BCUT2D eigenvalue weighted by Gasteiger charge is 2.53. The van der Waals surface area contributed by atoms with Gasteiger partial charge in [-0.05, 0) is 6.92 Å². The molecule has 22 heavy (non-hydrogen) atoms. The van der Waals surface area contributed by atoms with Crippen molar-refractivity contribution >= 4 is 17.1 Å². The van der Waals surface area contributed by atoms with E-state index in [9.17, 15) is 20.1 Å². The van der Waals surface area contributed by atoms with Crippen LogP contribution < -0.4 is 11.3 Å². The van der Waals surface area contributed by atoms with Gasteiger partial charge in [0, 0.05) is 7.05 Å². The Labute approximate surface area is 124 Å². The summed E-state index contributed by atoms with van der Waals surface area (Å²) in [6.07, 6.45) is -2.04. The summed E-state index contributed by atoms with van der Waals surface area (Å²) in [5.41, 5.74) is 3.76. The molecule has 0 amide bonds. The Morgan fingerprint density at radius 2 is 2.23 bits per heavy atom. The van der Waals surface area contributed by atoms with E-state index in [-0.39, 0.29) is 17.1 Å². The molecular weight excluding hydrogens is 294 g/mol. The lowest BCUT2D eigenvalue weighted by Crippen LogP contribution is -2.44. The number of nitrogen functional groups attached to an aromatic ring is 1. The predicted octanol–water partition coefficient (Wildman–Crippen LogP) is -2.29. The van der Waals surface area contributed by atoms with Crippen molar-refractivity contribution in [1.82, 2.24) is 19.1 Å². The fourth-order valence-corrected chi connectivity index (χ4v) is 2.62. The van der Waals surface area contributed by atoms with Crippen molar-refractivity contribution in [2.75, 3.05) is 12.3 Å². The summed E-state index contributed by atoms with van der Waals surface area (Å²) in [6, 6.07) is 0. The summed E-state index contributed by atoms with van der Waals surface area (Å²) in [7, 11) is 1.47. The van der Waals surface area contributed by atoms with Crippen LogP contribution in [0.4, 0.5) is 5.95 Å². The van der Waals surface area contributed by atoms with Gasteiger partial charge < -0.3 is 25.8 Å². The van der Waals surface area contributed by atoms with Crippen LogP contribution in [0.5, 0.6) is 0 Å². The molecule has 0 unspecified atom stereocenters. The van der Waals surface area contributed by atoms with Gasteiger partial charge in [-0.15, -0.1) is 0 Å². The molecule has 0 radical (unpaired) electrons. The quantitative estimate of drug-likeness (QED) is 0.484. The standard InChI is InChI=1S/C12H17N5O5/c1-12(21)7(19)5(3-18)22-10(12)17-4-14-6-8(17)15-11(13)16(2)9(6)20/h4-5,7,10,18-19,21H,3H2,1-2H3,(H2,13,15)/t5-,7-,10-,12-/m1/s1. The summed E-state index contributed by atoms with van der Waals surface area (Å²) in [6.45, 7) is 0.909. The molecule has 120 valence electrons.